The van der Waals surface area contributed by atoms with E-state index in [1.807, 2.05) is 0 Å². The van der Waals surface area contributed by atoms with Crippen LogP contribution in [0.3, 0.4) is 0 Å². The zero-order chi connectivity index (χ0) is 23.5. The first-order valence-corrected chi connectivity index (χ1v) is 11.1. The monoisotopic (exact) mass is 471 g/mol. The number of hydrogen-bond donors (Lipinski definition) is 1. The number of carbonyl (C=O) groups excluding carboxylic acids is 1. The minimum Gasteiger partial charge on any atom is -0.481 e. The fourth-order valence-corrected chi connectivity index (χ4v) is 4.46. The van der Waals surface area contributed by atoms with Crippen molar-refractivity contribution in [1.29, 1.82) is 0 Å². The Kier molecular flexibility index (Phi) is 6.74. The molecule has 0 spiro atoms. The summed E-state index contributed by atoms with van der Waals surface area (Å²) in [6.45, 7) is 2.64. The molecule has 0 aliphatic carbocycles. The quantitative estimate of drug-likeness (QED) is 0.566. The van der Waals surface area contributed by atoms with Gasteiger partial charge in [-0.15, -0.1) is 0 Å². The molecule has 33 heavy (non-hydrogen) atoms. The summed E-state index contributed by atoms with van der Waals surface area (Å²) in [5.74, 6) is -1.28. The highest BCUT2D eigenvalue weighted by molar-refractivity contribution is 6.33. The highest BCUT2D eigenvalue weighted by atomic mass is 35.5. The lowest BCUT2D eigenvalue weighted by Crippen LogP contribution is -2.46. The number of likely N-dealkylation sites (tertiary alicyclic amines) is 1. The van der Waals surface area contributed by atoms with Crippen molar-refractivity contribution in [1.82, 2.24) is 14.9 Å². The van der Waals surface area contributed by atoms with Crippen LogP contribution in [0.15, 0.2) is 42.6 Å². The van der Waals surface area contributed by atoms with Gasteiger partial charge in [-0.3, -0.25) is 9.59 Å². The second kappa shape index (κ2) is 9.70. The Morgan fingerprint density at radius 1 is 1.27 bits per heavy atom. The lowest BCUT2D eigenvalue weighted by Gasteiger charge is -2.33. The van der Waals surface area contributed by atoms with Crippen molar-refractivity contribution in [3.05, 3.63) is 53.4 Å². The van der Waals surface area contributed by atoms with Crippen molar-refractivity contribution in [2.45, 2.75) is 32.3 Å². The number of carboxylic acids is 1. The molecule has 2 unspecified atom stereocenters. The molecule has 9 heteroatoms. The summed E-state index contributed by atoms with van der Waals surface area (Å²) < 4.78 is 19.3. The predicted octanol–water partition coefficient (Wildman–Crippen LogP) is 4.57. The van der Waals surface area contributed by atoms with Gasteiger partial charge in [-0.2, -0.15) is 4.98 Å². The van der Waals surface area contributed by atoms with E-state index in [1.165, 1.54) is 12.1 Å². The number of rotatable bonds is 6. The number of hydrogen-bond acceptors (Lipinski definition) is 5. The van der Waals surface area contributed by atoms with Crippen molar-refractivity contribution in [2.24, 2.45) is 5.92 Å². The summed E-state index contributed by atoms with van der Waals surface area (Å²) in [5.41, 5.74) is 1.82. The maximum atomic E-state index is 13.4. The molecule has 1 amide bonds. The summed E-state index contributed by atoms with van der Waals surface area (Å²) in [4.78, 5) is 34.3. The summed E-state index contributed by atoms with van der Waals surface area (Å²) >= 11 is 6.23. The average Bonchev–Trinajstić information content (AvgIpc) is 2.78. The van der Waals surface area contributed by atoms with Crippen LogP contribution >= 0.6 is 11.6 Å². The minimum absolute atomic E-state index is 0.0490. The Hall–Kier alpha value is -3.26. The van der Waals surface area contributed by atoms with Crippen LogP contribution in [-0.4, -0.2) is 51.0 Å². The van der Waals surface area contributed by atoms with E-state index < -0.39 is 17.9 Å². The van der Waals surface area contributed by atoms with Crippen molar-refractivity contribution in [3.63, 3.8) is 0 Å². The molecular formula is C24H23ClFN3O4. The lowest BCUT2D eigenvalue weighted by molar-refractivity contribution is -0.143. The Morgan fingerprint density at radius 3 is 2.85 bits per heavy atom. The molecule has 0 radical (unpaired) electrons. The number of carbonyl (C=O) groups is 2. The summed E-state index contributed by atoms with van der Waals surface area (Å²) in [6.07, 6.45) is 2.41. The fourth-order valence-electron chi connectivity index (χ4n) is 4.19. The van der Waals surface area contributed by atoms with E-state index in [4.69, 9.17) is 21.4 Å². The third-order valence-corrected chi connectivity index (χ3v) is 6.05. The molecule has 3 heterocycles. The third-order valence-electron chi connectivity index (χ3n) is 5.74. The molecule has 3 aromatic rings. The van der Waals surface area contributed by atoms with Gasteiger partial charge in [0.2, 0.25) is 5.88 Å². The smallest absolute Gasteiger partial charge is 0.303 e. The van der Waals surface area contributed by atoms with E-state index in [1.54, 1.807) is 42.3 Å². The molecule has 4 rings (SSSR count). The van der Waals surface area contributed by atoms with Crippen molar-refractivity contribution >= 4 is 34.5 Å². The molecule has 1 saturated heterocycles. The standard InChI is InChI=1S/C24H23ClFN3O4/c1-14(24(32)29-10-2-3-15(13-29)11-22(30)31)33-21-7-6-19-17(8-9-27-23(19)28-21)18-5-4-16(26)12-20(18)25/h4-9,12,14-15H,2-3,10-11,13H2,1H3,(H,30,31). The summed E-state index contributed by atoms with van der Waals surface area (Å²) in [5, 5.41) is 10.0. The first kappa shape index (κ1) is 22.9. The van der Waals surface area contributed by atoms with Crippen LogP contribution < -0.4 is 4.74 Å². The number of amides is 1. The van der Waals surface area contributed by atoms with Gasteiger partial charge >= 0.3 is 5.97 Å². The third kappa shape index (κ3) is 5.22. The number of nitrogens with zero attached hydrogens (tertiary/aromatic N) is 3. The molecule has 7 nitrogen and oxygen atoms in total. The van der Waals surface area contributed by atoms with Crippen LogP contribution in [0.2, 0.25) is 5.02 Å². The van der Waals surface area contributed by atoms with Gasteiger partial charge < -0.3 is 14.7 Å². The number of pyridine rings is 2. The van der Waals surface area contributed by atoms with Gasteiger partial charge in [0.25, 0.3) is 5.91 Å². The zero-order valence-corrected chi connectivity index (χ0v) is 18.8. The van der Waals surface area contributed by atoms with Gasteiger partial charge in [-0.25, -0.2) is 9.37 Å². The molecule has 1 fully saturated rings. The average molecular weight is 472 g/mol. The molecule has 2 atom stereocenters. The number of aromatic nitrogens is 2. The van der Waals surface area contributed by atoms with E-state index in [-0.39, 0.29) is 29.1 Å². The molecule has 2 aromatic heterocycles. The molecule has 0 bridgehead atoms. The van der Waals surface area contributed by atoms with Gasteiger partial charge in [-0.1, -0.05) is 11.6 Å². The maximum Gasteiger partial charge on any atom is 0.303 e. The normalized spacial score (nSPS) is 17.1. The summed E-state index contributed by atoms with van der Waals surface area (Å²) in [7, 11) is 0. The second-order valence-electron chi connectivity index (χ2n) is 8.15. The van der Waals surface area contributed by atoms with Crippen molar-refractivity contribution < 1.29 is 23.8 Å². The number of carboxylic acid groups (broad SMARTS) is 1. The van der Waals surface area contributed by atoms with E-state index in [0.717, 1.165) is 18.4 Å². The van der Waals surface area contributed by atoms with E-state index >= 15 is 0 Å². The van der Waals surface area contributed by atoms with Gasteiger partial charge in [0.15, 0.2) is 11.8 Å². The van der Waals surface area contributed by atoms with Crippen LogP contribution in [0, 0.1) is 11.7 Å². The zero-order valence-electron chi connectivity index (χ0n) is 18.0. The molecule has 1 aromatic carbocycles. The Morgan fingerprint density at radius 2 is 2.09 bits per heavy atom. The van der Waals surface area contributed by atoms with Crippen LogP contribution in [0.1, 0.15) is 26.2 Å². The first-order chi connectivity index (χ1) is 15.8. The number of aliphatic carboxylic acids is 1. The van der Waals surface area contributed by atoms with E-state index in [9.17, 15) is 14.0 Å². The van der Waals surface area contributed by atoms with Gasteiger partial charge in [0.1, 0.15) is 5.82 Å². The van der Waals surface area contributed by atoms with Crippen LogP contribution in [0.4, 0.5) is 4.39 Å². The number of fused-ring (bicyclic) bond motifs is 1. The van der Waals surface area contributed by atoms with Crippen molar-refractivity contribution in [2.75, 3.05) is 13.1 Å². The number of halogens is 2. The van der Waals surface area contributed by atoms with Gasteiger partial charge in [0.05, 0.1) is 5.02 Å². The second-order valence-corrected chi connectivity index (χ2v) is 8.56. The number of benzene rings is 1. The Bertz CT molecular complexity index is 1210. The fraction of sp³-hybridized carbons (Fsp3) is 0.333. The lowest BCUT2D eigenvalue weighted by atomic mass is 9.94. The molecular weight excluding hydrogens is 449 g/mol. The van der Waals surface area contributed by atoms with Crippen molar-refractivity contribution in [3.8, 4) is 17.0 Å². The highest BCUT2D eigenvalue weighted by Crippen LogP contribution is 2.33. The number of piperidine rings is 1. The minimum atomic E-state index is -0.854. The molecule has 1 aliphatic rings. The highest BCUT2D eigenvalue weighted by Gasteiger charge is 2.29. The van der Waals surface area contributed by atoms with E-state index in [2.05, 4.69) is 9.97 Å². The first-order valence-electron chi connectivity index (χ1n) is 10.7. The Balaban J connectivity index is 1.51. The van der Waals surface area contributed by atoms with Gasteiger partial charge in [0, 0.05) is 42.7 Å². The SMILES string of the molecule is CC(Oc1ccc2c(-c3ccc(F)cc3Cl)ccnc2n1)C(=O)N1CCCC(CC(=O)O)C1. The van der Waals surface area contributed by atoms with Crippen LogP contribution in [0.25, 0.3) is 22.2 Å². The molecule has 1 N–H and O–H groups in total. The van der Waals surface area contributed by atoms with Gasteiger partial charge in [-0.05, 0) is 61.6 Å². The van der Waals surface area contributed by atoms with E-state index in [0.29, 0.717) is 29.7 Å². The topological polar surface area (TPSA) is 92.6 Å². The largest absolute Gasteiger partial charge is 0.481 e. The summed E-state index contributed by atoms with van der Waals surface area (Å²) in [6, 6.07) is 9.41. The predicted molar refractivity (Wildman–Crippen MR) is 122 cm³/mol. The molecule has 1 aliphatic heterocycles. The van der Waals surface area contributed by atoms with Crippen LogP contribution in [0.5, 0.6) is 5.88 Å². The van der Waals surface area contributed by atoms with Crippen LogP contribution in [-0.2, 0) is 9.59 Å². The Labute approximate surface area is 195 Å². The molecule has 0 saturated carbocycles. The number of ether oxygens (including phenoxy) is 1. The maximum absolute atomic E-state index is 13.4. The molecule has 172 valence electrons.